The molecule has 0 saturated carbocycles. The summed E-state index contributed by atoms with van der Waals surface area (Å²) in [5.74, 6) is -0.556. The number of carboxylic acid groups (broad SMARTS) is 1. The van der Waals surface area contributed by atoms with Crippen molar-refractivity contribution in [1.82, 2.24) is 0 Å². The molecule has 0 radical (unpaired) electrons. The van der Waals surface area contributed by atoms with Crippen LogP contribution in [0.25, 0.3) is 0 Å². The number of nitrogens with zero attached hydrogens (tertiary/aromatic N) is 2. The second-order valence-electron chi connectivity index (χ2n) is 5.92. The molecular formula is C16H22N2O2S. The molecule has 0 fully saturated rings. The van der Waals surface area contributed by atoms with Gasteiger partial charge in [0.2, 0.25) is 0 Å². The molecule has 5 heteroatoms. The van der Waals surface area contributed by atoms with Gasteiger partial charge in [0.1, 0.15) is 11.1 Å². The Labute approximate surface area is 130 Å². The molecule has 0 bridgehead atoms. The maximum absolute atomic E-state index is 11.1. The van der Waals surface area contributed by atoms with Gasteiger partial charge in [0, 0.05) is 18.0 Å². The molecule has 1 aromatic heterocycles. The van der Waals surface area contributed by atoms with Gasteiger partial charge in [-0.25, -0.2) is 0 Å². The normalized spacial score (nSPS) is 18.7. The van der Waals surface area contributed by atoms with E-state index in [9.17, 15) is 10.1 Å². The summed E-state index contributed by atoms with van der Waals surface area (Å²) < 4.78 is 0. The molecule has 1 aliphatic carbocycles. The van der Waals surface area contributed by atoms with E-state index in [4.69, 9.17) is 5.11 Å². The van der Waals surface area contributed by atoms with Crippen molar-refractivity contribution in [2.75, 3.05) is 18.0 Å². The molecule has 114 valence electrons. The zero-order valence-electron chi connectivity index (χ0n) is 12.8. The summed E-state index contributed by atoms with van der Waals surface area (Å²) >= 11 is 1.69. The predicted molar refractivity (Wildman–Crippen MR) is 84.9 cm³/mol. The van der Waals surface area contributed by atoms with Crippen molar-refractivity contribution >= 4 is 22.3 Å². The molecule has 0 amide bonds. The first-order valence-corrected chi connectivity index (χ1v) is 8.31. The van der Waals surface area contributed by atoms with Gasteiger partial charge in [0.15, 0.2) is 0 Å². The van der Waals surface area contributed by atoms with Crippen molar-refractivity contribution in [2.24, 2.45) is 11.8 Å². The van der Waals surface area contributed by atoms with Crippen LogP contribution in [0.5, 0.6) is 0 Å². The fraction of sp³-hybridized carbons (Fsp3) is 0.625. The lowest BCUT2D eigenvalue weighted by Gasteiger charge is -2.23. The van der Waals surface area contributed by atoms with Crippen molar-refractivity contribution in [3.05, 3.63) is 16.0 Å². The Kier molecular flexibility index (Phi) is 4.89. The van der Waals surface area contributed by atoms with E-state index in [2.05, 4.69) is 13.0 Å². The van der Waals surface area contributed by atoms with Crippen LogP contribution in [0, 0.1) is 23.2 Å². The number of fused-ring (bicyclic) bond motifs is 1. The van der Waals surface area contributed by atoms with E-state index in [1.807, 2.05) is 11.8 Å². The molecule has 0 aliphatic heterocycles. The molecule has 2 atom stereocenters. The first-order chi connectivity index (χ1) is 9.97. The van der Waals surface area contributed by atoms with Crippen LogP contribution < -0.4 is 4.90 Å². The maximum atomic E-state index is 11.1. The second-order valence-corrected chi connectivity index (χ2v) is 7.01. The number of carboxylic acids is 1. The van der Waals surface area contributed by atoms with Gasteiger partial charge < -0.3 is 10.0 Å². The van der Waals surface area contributed by atoms with Gasteiger partial charge in [-0.15, -0.1) is 11.3 Å². The lowest BCUT2D eigenvalue weighted by atomic mass is 9.88. The predicted octanol–water partition coefficient (Wildman–Crippen LogP) is 3.29. The van der Waals surface area contributed by atoms with Crippen LogP contribution in [0.15, 0.2) is 0 Å². The number of carbonyl (C=O) groups is 1. The first-order valence-electron chi connectivity index (χ1n) is 7.50. The molecule has 21 heavy (non-hydrogen) atoms. The van der Waals surface area contributed by atoms with Gasteiger partial charge in [-0.05, 0) is 37.7 Å². The van der Waals surface area contributed by atoms with Crippen molar-refractivity contribution in [3.63, 3.8) is 0 Å². The topological polar surface area (TPSA) is 64.3 Å². The van der Waals surface area contributed by atoms with Crippen LogP contribution in [-0.2, 0) is 17.6 Å². The summed E-state index contributed by atoms with van der Waals surface area (Å²) in [5, 5.41) is 19.6. The molecule has 4 nitrogen and oxygen atoms in total. The molecule has 0 saturated heterocycles. The minimum Gasteiger partial charge on any atom is -0.481 e. The minimum atomic E-state index is -0.790. The Balaban J connectivity index is 2.34. The fourth-order valence-electron chi connectivity index (χ4n) is 2.84. The highest BCUT2D eigenvalue weighted by atomic mass is 32.1. The maximum Gasteiger partial charge on any atom is 0.308 e. The summed E-state index contributed by atoms with van der Waals surface area (Å²) in [7, 11) is 0. The molecule has 0 aromatic carbocycles. The standard InChI is InChI=1S/C16H22N2O2S/c1-4-18(9-11(3)16(19)20)15-13(8-17)12-6-5-10(2)7-14(12)21-15/h10-11H,4-7,9H2,1-3H3,(H,19,20). The van der Waals surface area contributed by atoms with Crippen molar-refractivity contribution in [1.29, 1.82) is 5.26 Å². The highest BCUT2D eigenvalue weighted by Gasteiger charge is 2.27. The minimum absolute atomic E-state index is 0.436. The lowest BCUT2D eigenvalue weighted by Crippen LogP contribution is -2.31. The molecular weight excluding hydrogens is 284 g/mol. The molecule has 2 rings (SSSR count). The van der Waals surface area contributed by atoms with Crippen LogP contribution in [-0.4, -0.2) is 24.2 Å². The molecule has 1 aromatic rings. The average molecular weight is 306 g/mol. The monoisotopic (exact) mass is 306 g/mol. The summed E-state index contributed by atoms with van der Waals surface area (Å²) in [4.78, 5) is 14.5. The van der Waals surface area contributed by atoms with E-state index >= 15 is 0 Å². The zero-order valence-corrected chi connectivity index (χ0v) is 13.7. The summed E-state index contributed by atoms with van der Waals surface area (Å²) in [5.41, 5.74) is 1.98. The van der Waals surface area contributed by atoms with E-state index in [0.717, 1.165) is 36.4 Å². The summed E-state index contributed by atoms with van der Waals surface area (Å²) in [6, 6.07) is 2.36. The average Bonchev–Trinajstić information content (AvgIpc) is 2.81. The number of hydrogen-bond donors (Lipinski definition) is 1. The Morgan fingerprint density at radius 2 is 2.33 bits per heavy atom. The van der Waals surface area contributed by atoms with Gasteiger partial charge in [0.05, 0.1) is 11.5 Å². The van der Waals surface area contributed by atoms with Gasteiger partial charge in [-0.2, -0.15) is 5.26 Å². The number of nitriles is 1. The SMILES string of the molecule is CCN(CC(C)C(=O)O)c1sc2c(c1C#N)CCC(C)C2. The largest absolute Gasteiger partial charge is 0.481 e. The first kappa shape index (κ1) is 15.8. The fourth-order valence-corrected chi connectivity index (χ4v) is 4.37. The number of hydrogen-bond acceptors (Lipinski definition) is 4. The van der Waals surface area contributed by atoms with Crippen LogP contribution in [0.2, 0.25) is 0 Å². The van der Waals surface area contributed by atoms with Crippen molar-refractivity contribution < 1.29 is 9.90 Å². The number of thiophene rings is 1. The van der Waals surface area contributed by atoms with Crippen molar-refractivity contribution in [3.8, 4) is 6.07 Å². The van der Waals surface area contributed by atoms with Gasteiger partial charge >= 0.3 is 5.97 Å². The lowest BCUT2D eigenvalue weighted by molar-refractivity contribution is -0.140. The van der Waals surface area contributed by atoms with Gasteiger partial charge in [-0.3, -0.25) is 4.79 Å². The second kappa shape index (κ2) is 6.48. The smallest absolute Gasteiger partial charge is 0.308 e. The van der Waals surface area contributed by atoms with Crippen LogP contribution in [0.4, 0.5) is 5.00 Å². The molecule has 2 unspecified atom stereocenters. The molecule has 1 heterocycles. The quantitative estimate of drug-likeness (QED) is 0.906. The van der Waals surface area contributed by atoms with Gasteiger partial charge in [-0.1, -0.05) is 13.8 Å². The third-order valence-corrected chi connectivity index (χ3v) is 5.50. The summed E-state index contributed by atoms with van der Waals surface area (Å²) in [6.07, 6.45) is 3.15. The summed E-state index contributed by atoms with van der Waals surface area (Å²) in [6.45, 7) is 7.15. The van der Waals surface area contributed by atoms with E-state index in [0.29, 0.717) is 12.5 Å². The van der Waals surface area contributed by atoms with Crippen LogP contribution >= 0.6 is 11.3 Å². The highest BCUT2D eigenvalue weighted by Crippen LogP contribution is 2.41. The van der Waals surface area contributed by atoms with E-state index < -0.39 is 11.9 Å². The van der Waals surface area contributed by atoms with E-state index in [1.165, 1.54) is 10.4 Å². The van der Waals surface area contributed by atoms with Crippen LogP contribution in [0.3, 0.4) is 0 Å². The molecule has 1 aliphatic rings. The highest BCUT2D eigenvalue weighted by molar-refractivity contribution is 7.16. The number of rotatable bonds is 5. The Bertz CT molecular complexity index is 574. The molecule has 1 N–H and O–H groups in total. The third kappa shape index (κ3) is 3.21. The zero-order chi connectivity index (χ0) is 15.6. The number of aliphatic carboxylic acids is 1. The van der Waals surface area contributed by atoms with E-state index in [1.54, 1.807) is 18.3 Å². The third-order valence-electron chi connectivity index (χ3n) is 4.19. The Hall–Kier alpha value is -1.54. The number of anilines is 1. The van der Waals surface area contributed by atoms with E-state index in [-0.39, 0.29) is 0 Å². The Morgan fingerprint density at radius 1 is 1.62 bits per heavy atom. The Morgan fingerprint density at radius 3 is 2.90 bits per heavy atom. The van der Waals surface area contributed by atoms with Gasteiger partial charge in [0.25, 0.3) is 0 Å². The molecule has 0 spiro atoms. The van der Waals surface area contributed by atoms with Crippen molar-refractivity contribution in [2.45, 2.75) is 40.0 Å². The van der Waals surface area contributed by atoms with Crippen LogP contribution in [0.1, 0.15) is 43.2 Å².